The summed E-state index contributed by atoms with van der Waals surface area (Å²) in [4.78, 5) is 28.5. The van der Waals surface area contributed by atoms with E-state index in [-0.39, 0.29) is 11.6 Å². The molecular weight excluding hydrogens is 256 g/mol. The number of carbonyl (C=O) groups excluding carboxylic acids is 1. The van der Waals surface area contributed by atoms with Crippen LogP contribution in [0.1, 0.15) is 10.5 Å². The number of carboxylic acid groups (broad SMARTS) is 1. The second kappa shape index (κ2) is 5.40. The molecule has 3 N–H and O–H groups in total. The zero-order valence-corrected chi connectivity index (χ0v) is 10.5. The van der Waals surface area contributed by atoms with E-state index < -0.39 is 12.0 Å². The van der Waals surface area contributed by atoms with Crippen molar-refractivity contribution < 1.29 is 14.7 Å². The van der Waals surface area contributed by atoms with Crippen LogP contribution in [0.4, 0.5) is 0 Å². The van der Waals surface area contributed by atoms with Crippen LogP contribution >= 0.6 is 11.8 Å². The molecule has 1 atom stereocenters. The highest BCUT2D eigenvalue weighted by Crippen LogP contribution is 2.22. The van der Waals surface area contributed by atoms with Gasteiger partial charge in [-0.1, -0.05) is 0 Å². The third-order valence-corrected chi connectivity index (χ3v) is 3.68. The van der Waals surface area contributed by atoms with Gasteiger partial charge in [0.1, 0.15) is 11.7 Å². The Labute approximate surface area is 108 Å². The van der Waals surface area contributed by atoms with Crippen molar-refractivity contribution in [2.75, 3.05) is 18.2 Å². The molecule has 0 bridgehead atoms. The number of nitrogens with zero attached hydrogens (tertiary/aromatic N) is 3. The van der Waals surface area contributed by atoms with Crippen LogP contribution in [0.2, 0.25) is 0 Å². The maximum absolute atomic E-state index is 12.1. The predicted octanol–water partition coefficient (Wildman–Crippen LogP) is -0.558. The lowest BCUT2D eigenvalue weighted by Crippen LogP contribution is -2.41. The Balaban J connectivity index is 2.12. The number of nitrogens with two attached hydrogens (primary N) is 1. The van der Waals surface area contributed by atoms with Crippen molar-refractivity contribution in [1.29, 1.82) is 0 Å². The van der Waals surface area contributed by atoms with Gasteiger partial charge < -0.3 is 20.3 Å². The highest BCUT2D eigenvalue weighted by Gasteiger charge is 2.35. The Bertz CT molecular complexity index is 462. The normalized spacial score (nSPS) is 19.2. The van der Waals surface area contributed by atoms with Gasteiger partial charge >= 0.3 is 5.97 Å². The predicted molar refractivity (Wildman–Crippen MR) is 66.2 cm³/mol. The Morgan fingerprint density at radius 3 is 3.06 bits per heavy atom. The second-order valence-electron chi connectivity index (χ2n) is 3.91. The van der Waals surface area contributed by atoms with Crippen molar-refractivity contribution in [3.05, 3.63) is 18.2 Å². The number of imidazole rings is 1. The average Bonchev–Trinajstić information content (AvgIpc) is 2.96. The number of thioether (sulfide) groups is 1. The van der Waals surface area contributed by atoms with Crippen LogP contribution in [0, 0.1) is 0 Å². The van der Waals surface area contributed by atoms with Gasteiger partial charge in [-0.2, -0.15) is 0 Å². The molecular formula is C10H14N4O3S. The number of carboxylic acids is 1. The minimum atomic E-state index is -0.977. The third-order valence-electron chi connectivity index (χ3n) is 2.67. The molecule has 8 heteroatoms. The number of amides is 1. The van der Waals surface area contributed by atoms with Gasteiger partial charge in [0, 0.05) is 25.0 Å². The Kier molecular flexibility index (Phi) is 3.87. The largest absolute Gasteiger partial charge is 0.480 e. The van der Waals surface area contributed by atoms with Gasteiger partial charge in [0.15, 0.2) is 0 Å². The van der Waals surface area contributed by atoms with E-state index in [4.69, 9.17) is 10.8 Å². The molecule has 1 amide bonds. The number of rotatable bonds is 4. The summed E-state index contributed by atoms with van der Waals surface area (Å²) in [6, 6.07) is -0.762. The minimum absolute atomic E-state index is 0.261. The molecule has 0 spiro atoms. The van der Waals surface area contributed by atoms with Crippen molar-refractivity contribution in [1.82, 2.24) is 14.5 Å². The smallest absolute Gasteiger partial charge is 0.327 e. The Morgan fingerprint density at radius 1 is 1.61 bits per heavy atom. The molecule has 98 valence electrons. The first-order chi connectivity index (χ1) is 8.63. The molecule has 2 rings (SSSR count). The molecule has 0 aliphatic carbocycles. The molecule has 1 saturated heterocycles. The summed E-state index contributed by atoms with van der Waals surface area (Å²) < 4.78 is 1.71. The van der Waals surface area contributed by atoms with Gasteiger partial charge in [-0.15, -0.1) is 11.8 Å². The van der Waals surface area contributed by atoms with Crippen LogP contribution in [0.25, 0.3) is 0 Å². The van der Waals surface area contributed by atoms with E-state index in [0.717, 1.165) is 0 Å². The first kappa shape index (κ1) is 12.9. The number of hydrogen-bond donors (Lipinski definition) is 2. The fraction of sp³-hybridized carbons (Fsp3) is 0.500. The van der Waals surface area contributed by atoms with Crippen LogP contribution in [0.3, 0.4) is 0 Å². The first-order valence-electron chi connectivity index (χ1n) is 5.47. The SMILES string of the molecule is NCCn1cnc(C(=O)N2CSCC2C(=O)O)c1. The molecule has 0 aromatic carbocycles. The van der Waals surface area contributed by atoms with Crippen LogP contribution < -0.4 is 5.73 Å². The minimum Gasteiger partial charge on any atom is -0.480 e. The molecule has 1 aromatic rings. The summed E-state index contributed by atoms with van der Waals surface area (Å²) in [6.45, 7) is 1.04. The van der Waals surface area contributed by atoms with E-state index in [9.17, 15) is 9.59 Å². The molecule has 1 aromatic heterocycles. The highest BCUT2D eigenvalue weighted by molar-refractivity contribution is 7.99. The number of hydrogen-bond acceptors (Lipinski definition) is 5. The molecule has 1 fully saturated rings. The summed E-state index contributed by atoms with van der Waals surface area (Å²) in [5.74, 6) is -0.512. The molecule has 0 saturated carbocycles. The van der Waals surface area contributed by atoms with Crippen molar-refractivity contribution >= 4 is 23.6 Å². The maximum Gasteiger partial charge on any atom is 0.327 e. The standard InChI is InChI=1S/C10H14N4O3S/c11-1-2-13-3-7(12-5-13)9(15)14-6-18-4-8(14)10(16)17/h3,5,8H,1-2,4,6,11H2,(H,16,17). The van der Waals surface area contributed by atoms with Gasteiger partial charge in [-0.25, -0.2) is 9.78 Å². The van der Waals surface area contributed by atoms with E-state index in [1.807, 2.05) is 0 Å². The first-order valence-corrected chi connectivity index (χ1v) is 6.62. The second-order valence-corrected chi connectivity index (χ2v) is 4.91. The topological polar surface area (TPSA) is 101 Å². The number of aliphatic carboxylic acids is 1. The van der Waals surface area contributed by atoms with Gasteiger partial charge in [0.05, 0.1) is 12.2 Å². The van der Waals surface area contributed by atoms with Gasteiger partial charge in [-0.05, 0) is 0 Å². The van der Waals surface area contributed by atoms with E-state index in [2.05, 4.69) is 4.98 Å². The van der Waals surface area contributed by atoms with Gasteiger partial charge in [0.2, 0.25) is 0 Å². The van der Waals surface area contributed by atoms with Crippen LogP contribution in [0.15, 0.2) is 12.5 Å². The van der Waals surface area contributed by atoms with E-state index in [0.29, 0.717) is 24.7 Å². The molecule has 1 aliphatic rings. The lowest BCUT2D eigenvalue weighted by atomic mass is 10.3. The summed E-state index contributed by atoms with van der Waals surface area (Å²) in [5.41, 5.74) is 5.67. The van der Waals surface area contributed by atoms with Gasteiger partial charge in [0.25, 0.3) is 5.91 Å². The lowest BCUT2D eigenvalue weighted by Gasteiger charge is -2.18. The van der Waals surface area contributed by atoms with Crippen molar-refractivity contribution in [3.63, 3.8) is 0 Å². The summed E-state index contributed by atoms with van der Waals surface area (Å²) in [5, 5.41) is 9.02. The fourth-order valence-corrected chi connectivity index (χ4v) is 2.88. The highest BCUT2D eigenvalue weighted by atomic mass is 32.2. The molecule has 1 aliphatic heterocycles. The van der Waals surface area contributed by atoms with Gasteiger partial charge in [-0.3, -0.25) is 4.79 Å². The van der Waals surface area contributed by atoms with Crippen molar-refractivity contribution in [3.8, 4) is 0 Å². The zero-order chi connectivity index (χ0) is 13.1. The maximum atomic E-state index is 12.1. The monoisotopic (exact) mass is 270 g/mol. The zero-order valence-electron chi connectivity index (χ0n) is 9.65. The number of aromatic nitrogens is 2. The van der Waals surface area contributed by atoms with Crippen LogP contribution in [-0.4, -0.2) is 55.7 Å². The summed E-state index contributed by atoms with van der Waals surface area (Å²) in [6.07, 6.45) is 3.12. The van der Waals surface area contributed by atoms with E-state index in [1.54, 1.807) is 10.8 Å². The van der Waals surface area contributed by atoms with E-state index >= 15 is 0 Å². The molecule has 18 heavy (non-hydrogen) atoms. The van der Waals surface area contributed by atoms with E-state index in [1.165, 1.54) is 23.0 Å². The Hall–Kier alpha value is -1.54. The quantitative estimate of drug-likeness (QED) is 0.760. The van der Waals surface area contributed by atoms with Crippen molar-refractivity contribution in [2.24, 2.45) is 5.73 Å². The molecule has 1 unspecified atom stereocenters. The summed E-state index contributed by atoms with van der Waals surface area (Å²) in [7, 11) is 0. The molecule has 2 heterocycles. The average molecular weight is 270 g/mol. The van der Waals surface area contributed by atoms with Crippen LogP contribution in [-0.2, 0) is 11.3 Å². The molecule has 0 radical (unpaired) electrons. The van der Waals surface area contributed by atoms with Crippen LogP contribution in [0.5, 0.6) is 0 Å². The number of carbonyl (C=O) groups is 2. The third kappa shape index (κ3) is 2.49. The van der Waals surface area contributed by atoms with Crippen molar-refractivity contribution in [2.45, 2.75) is 12.6 Å². The Morgan fingerprint density at radius 2 is 2.39 bits per heavy atom. The fourth-order valence-electron chi connectivity index (χ4n) is 1.74. The lowest BCUT2D eigenvalue weighted by molar-refractivity contribution is -0.140. The summed E-state index contributed by atoms with van der Waals surface area (Å²) >= 11 is 1.43. The molecule has 7 nitrogen and oxygen atoms in total.